The first kappa shape index (κ1) is 28.6. The first-order valence-corrected chi connectivity index (χ1v) is 10.7. The van der Waals surface area contributed by atoms with Crippen molar-refractivity contribution in [3.63, 3.8) is 0 Å². The van der Waals surface area contributed by atoms with E-state index >= 15 is 0 Å². The van der Waals surface area contributed by atoms with Crippen LogP contribution in [0.15, 0.2) is 0 Å². The summed E-state index contributed by atoms with van der Waals surface area (Å²) in [6, 6.07) is -5.50. The number of nitrogens with one attached hydrogen (secondary N) is 3. The molecule has 0 fully saturated rings. The van der Waals surface area contributed by atoms with Gasteiger partial charge in [-0.25, -0.2) is 4.79 Å². The van der Waals surface area contributed by atoms with Crippen molar-refractivity contribution in [2.45, 2.75) is 56.5 Å². The Morgan fingerprint density at radius 2 is 1.52 bits per heavy atom. The van der Waals surface area contributed by atoms with Crippen LogP contribution < -0.4 is 21.7 Å². The van der Waals surface area contributed by atoms with E-state index in [1.54, 1.807) is 6.26 Å². The monoisotopic (exact) mass is 466 g/mol. The zero-order valence-corrected chi connectivity index (χ0v) is 18.1. The highest BCUT2D eigenvalue weighted by atomic mass is 32.2. The summed E-state index contributed by atoms with van der Waals surface area (Å²) in [5.41, 5.74) is 5.42. The SMILES string of the molecule is CSCCC(NC(=O)C(N)CO)C(=O)NC(C(=O)NC(CCC(=O)O)C(=O)O)C(C)O. The molecule has 13 nitrogen and oxygen atoms in total. The van der Waals surface area contributed by atoms with Crippen molar-refractivity contribution in [2.24, 2.45) is 5.73 Å². The number of aliphatic hydroxyl groups excluding tert-OH is 2. The Balaban J connectivity index is 5.32. The zero-order valence-electron chi connectivity index (χ0n) is 17.2. The van der Waals surface area contributed by atoms with Crippen molar-refractivity contribution < 1.29 is 44.4 Å². The van der Waals surface area contributed by atoms with Crippen LogP contribution in [0.25, 0.3) is 0 Å². The average Bonchev–Trinajstić information content (AvgIpc) is 2.70. The summed E-state index contributed by atoms with van der Waals surface area (Å²) >= 11 is 1.39. The van der Waals surface area contributed by atoms with Gasteiger partial charge in [-0.1, -0.05) is 0 Å². The number of hydrogen-bond donors (Lipinski definition) is 8. The molecule has 31 heavy (non-hydrogen) atoms. The topological polar surface area (TPSA) is 228 Å². The molecule has 0 radical (unpaired) electrons. The van der Waals surface area contributed by atoms with Crippen LogP contribution in [0.1, 0.15) is 26.2 Å². The van der Waals surface area contributed by atoms with Crippen molar-refractivity contribution in [1.29, 1.82) is 0 Å². The highest BCUT2D eigenvalue weighted by Crippen LogP contribution is 2.05. The number of hydrogen-bond acceptors (Lipinski definition) is 9. The van der Waals surface area contributed by atoms with Gasteiger partial charge in [0.15, 0.2) is 0 Å². The molecule has 0 aromatic heterocycles. The molecule has 0 aliphatic carbocycles. The van der Waals surface area contributed by atoms with Crippen LogP contribution in [-0.4, -0.2) is 99.0 Å². The van der Waals surface area contributed by atoms with E-state index in [-0.39, 0.29) is 6.42 Å². The minimum atomic E-state index is -1.57. The van der Waals surface area contributed by atoms with E-state index in [0.717, 1.165) is 0 Å². The molecule has 5 unspecified atom stereocenters. The van der Waals surface area contributed by atoms with Gasteiger partial charge in [0.25, 0.3) is 0 Å². The van der Waals surface area contributed by atoms with Crippen LogP contribution in [0.2, 0.25) is 0 Å². The Labute approximate surface area is 183 Å². The first-order chi connectivity index (χ1) is 14.4. The molecule has 0 spiro atoms. The van der Waals surface area contributed by atoms with E-state index in [4.69, 9.17) is 21.1 Å². The number of carbonyl (C=O) groups excluding carboxylic acids is 3. The van der Waals surface area contributed by atoms with Crippen molar-refractivity contribution in [2.75, 3.05) is 18.6 Å². The van der Waals surface area contributed by atoms with E-state index in [9.17, 15) is 29.1 Å². The predicted molar refractivity (Wildman–Crippen MR) is 110 cm³/mol. The largest absolute Gasteiger partial charge is 0.481 e. The first-order valence-electron chi connectivity index (χ1n) is 9.33. The van der Waals surface area contributed by atoms with Crippen LogP contribution in [0.3, 0.4) is 0 Å². The number of amides is 3. The summed E-state index contributed by atoms with van der Waals surface area (Å²) in [6.45, 7) is 0.545. The van der Waals surface area contributed by atoms with Crippen LogP contribution in [0.4, 0.5) is 0 Å². The standard InChI is InChI=1S/C17H30N4O9S/c1-8(23)13(16(28)20-11(17(29)30)3-4-12(24)25)21-15(27)10(5-6-31-2)19-14(26)9(18)7-22/h8-11,13,22-23H,3-7,18H2,1-2H3,(H,19,26)(H,20,28)(H,21,27)(H,24,25)(H,29,30). The number of carbonyl (C=O) groups is 5. The maximum atomic E-state index is 12.6. The van der Waals surface area contributed by atoms with Crippen molar-refractivity contribution >= 4 is 41.4 Å². The summed E-state index contributed by atoms with van der Waals surface area (Å²) < 4.78 is 0. The molecule has 0 aliphatic rings. The Morgan fingerprint density at radius 3 is 1.97 bits per heavy atom. The highest BCUT2D eigenvalue weighted by Gasteiger charge is 2.32. The van der Waals surface area contributed by atoms with E-state index in [2.05, 4.69) is 16.0 Å². The van der Waals surface area contributed by atoms with Crippen LogP contribution in [-0.2, 0) is 24.0 Å². The van der Waals surface area contributed by atoms with Crippen LogP contribution >= 0.6 is 11.8 Å². The fourth-order valence-corrected chi connectivity index (χ4v) is 2.78. The van der Waals surface area contributed by atoms with Gasteiger partial charge in [-0.3, -0.25) is 19.2 Å². The summed E-state index contributed by atoms with van der Waals surface area (Å²) in [4.78, 5) is 58.9. The fourth-order valence-electron chi connectivity index (χ4n) is 2.31. The van der Waals surface area contributed by atoms with E-state index in [1.807, 2.05) is 0 Å². The minimum Gasteiger partial charge on any atom is -0.481 e. The molecule has 0 aromatic rings. The summed E-state index contributed by atoms with van der Waals surface area (Å²) in [6.07, 6.45) is -0.430. The van der Waals surface area contributed by atoms with Gasteiger partial charge in [0.05, 0.1) is 12.7 Å². The third kappa shape index (κ3) is 11.0. The summed E-state index contributed by atoms with van der Waals surface area (Å²) in [7, 11) is 0. The number of thioether (sulfide) groups is 1. The molecule has 0 rings (SSSR count). The second-order valence-electron chi connectivity index (χ2n) is 6.69. The van der Waals surface area contributed by atoms with Gasteiger partial charge < -0.3 is 42.1 Å². The van der Waals surface area contributed by atoms with Crippen molar-refractivity contribution in [3.8, 4) is 0 Å². The average molecular weight is 467 g/mol. The molecule has 9 N–H and O–H groups in total. The maximum Gasteiger partial charge on any atom is 0.326 e. The molecule has 0 aromatic carbocycles. The molecule has 178 valence electrons. The van der Waals surface area contributed by atoms with E-state index in [1.165, 1.54) is 18.7 Å². The lowest BCUT2D eigenvalue weighted by Gasteiger charge is -2.26. The summed E-state index contributed by atoms with van der Waals surface area (Å²) in [5, 5.41) is 43.4. The lowest BCUT2D eigenvalue weighted by Crippen LogP contribution is -2.60. The van der Waals surface area contributed by atoms with Gasteiger partial charge in [0.1, 0.15) is 24.2 Å². The molecule has 0 heterocycles. The van der Waals surface area contributed by atoms with Crippen LogP contribution in [0.5, 0.6) is 0 Å². The fraction of sp³-hybridized carbons (Fsp3) is 0.706. The molecular formula is C17H30N4O9S. The molecule has 0 saturated carbocycles. The number of aliphatic hydroxyl groups is 2. The van der Waals surface area contributed by atoms with Gasteiger partial charge >= 0.3 is 11.9 Å². The molecule has 0 aliphatic heterocycles. The van der Waals surface area contributed by atoms with Gasteiger partial charge in [-0.05, 0) is 31.8 Å². The van der Waals surface area contributed by atoms with Gasteiger partial charge in [0, 0.05) is 6.42 Å². The maximum absolute atomic E-state index is 12.6. The molecule has 0 saturated heterocycles. The normalized spacial score (nSPS) is 15.6. The Morgan fingerprint density at radius 1 is 0.935 bits per heavy atom. The lowest BCUT2D eigenvalue weighted by atomic mass is 10.1. The predicted octanol–water partition coefficient (Wildman–Crippen LogP) is -3.16. The third-order valence-corrected chi connectivity index (χ3v) is 4.75. The lowest BCUT2D eigenvalue weighted by molar-refractivity contribution is -0.144. The van der Waals surface area contributed by atoms with E-state index in [0.29, 0.717) is 5.75 Å². The zero-order chi connectivity index (χ0) is 24.1. The number of nitrogens with two attached hydrogens (primary N) is 1. The Bertz CT molecular complexity index is 647. The van der Waals surface area contributed by atoms with Gasteiger partial charge in [0.2, 0.25) is 17.7 Å². The number of rotatable bonds is 15. The van der Waals surface area contributed by atoms with Gasteiger partial charge in [-0.15, -0.1) is 0 Å². The number of carboxylic acid groups (broad SMARTS) is 2. The summed E-state index contributed by atoms with van der Waals surface area (Å²) in [5.74, 6) is -4.94. The number of carboxylic acids is 2. The van der Waals surface area contributed by atoms with Crippen molar-refractivity contribution in [3.05, 3.63) is 0 Å². The number of aliphatic carboxylic acids is 2. The Hall–Kier alpha value is -2.42. The minimum absolute atomic E-state index is 0.154. The highest BCUT2D eigenvalue weighted by molar-refractivity contribution is 7.98. The second kappa shape index (κ2) is 14.6. The Kier molecular flexibility index (Phi) is 13.4. The molecule has 0 bridgehead atoms. The smallest absolute Gasteiger partial charge is 0.326 e. The molecule has 14 heteroatoms. The quantitative estimate of drug-likeness (QED) is 0.120. The van der Waals surface area contributed by atoms with Crippen LogP contribution in [0, 0.1) is 0 Å². The second-order valence-corrected chi connectivity index (χ2v) is 7.68. The van der Waals surface area contributed by atoms with Gasteiger partial charge in [-0.2, -0.15) is 11.8 Å². The molecular weight excluding hydrogens is 436 g/mol. The molecule has 5 atom stereocenters. The third-order valence-electron chi connectivity index (χ3n) is 4.10. The molecule has 3 amide bonds. The van der Waals surface area contributed by atoms with E-state index < -0.39 is 79.4 Å². The van der Waals surface area contributed by atoms with Crippen molar-refractivity contribution in [1.82, 2.24) is 16.0 Å².